The molecule has 0 aromatic carbocycles. The summed E-state index contributed by atoms with van der Waals surface area (Å²) in [6, 6.07) is -0.426. The highest BCUT2D eigenvalue weighted by Crippen LogP contribution is 2.25. The number of sulfonamides is 1. The van der Waals surface area contributed by atoms with Gasteiger partial charge in [-0.15, -0.1) is 0 Å². The van der Waals surface area contributed by atoms with Crippen molar-refractivity contribution in [3.63, 3.8) is 0 Å². The van der Waals surface area contributed by atoms with Gasteiger partial charge >= 0.3 is 0 Å². The summed E-state index contributed by atoms with van der Waals surface area (Å²) in [6.07, 6.45) is 5.22. The minimum absolute atomic E-state index is 0.0353. The Morgan fingerprint density at radius 1 is 1.40 bits per heavy atom. The molecule has 2 aliphatic rings. The number of nitrogens with zero attached hydrogens (tertiary/aromatic N) is 2. The molecule has 1 fully saturated rings. The highest BCUT2D eigenvalue weighted by Gasteiger charge is 2.35. The fourth-order valence-electron chi connectivity index (χ4n) is 3.73. The van der Waals surface area contributed by atoms with Crippen LogP contribution in [0.15, 0.2) is 0 Å². The van der Waals surface area contributed by atoms with Gasteiger partial charge in [0, 0.05) is 37.5 Å². The summed E-state index contributed by atoms with van der Waals surface area (Å²) in [4.78, 5) is 14.0. The van der Waals surface area contributed by atoms with Crippen LogP contribution in [0.25, 0.3) is 0 Å². The molecule has 2 N–H and O–H groups in total. The van der Waals surface area contributed by atoms with Crippen molar-refractivity contribution in [2.75, 3.05) is 19.3 Å². The minimum atomic E-state index is -3.36. The molecule has 0 spiro atoms. The summed E-state index contributed by atoms with van der Waals surface area (Å²) in [5.41, 5.74) is 3.35. The number of aromatic nitrogens is 2. The Labute approximate surface area is 147 Å². The molecule has 140 valence electrons. The number of halogens is 1. The molecular formula is C16H25FN4O3S. The predicted molar refractivity (Wildman–Crippen MR) is 91.4 cm³/mol. The maximum atomic E-state index is 13.8. The van der Waals surface area contributed by atoms with Gasteiger partial charge in [-0.3, -0.25) is 9.89 Å². The Kier molecular flexibility index (Phi) is 5.43. The van der Waals surface area contributed by atoms with Crippen LogP contribution in [-0.2, 0) is 34.1 Å². The van der Waals surface area contributed by atoms with Crippen molar-refractivity contribution in [1.29, 1.82) is 0 Å². The first kappa shape index (κ1) is 18.3. The van der Waals surface area contributed by atoms with Crippen molar-refractivity contribution in [2.24, 2.45) is 0 Å². The molecule has 7 nitrogen and oxygen atoms in total. The number of alkyl halides is 1. The van der Waals surface area contributed by atoms with Gasteiger partial charge in [-0.2, -0.15) is 5.10 Å². The lowest BCUT2D eigenvalue weighted by molar-refractivity contribution is -0.132. The molecule has 1 aliphatic carbocycles. The van der Waals surface area contributed by atoms with Gasteiger partial charge in [0.1, 0.15) is 6.17 Å². The van der Waals surface area contributed by atoms with Crippen LogP contribution < -0.4 is 4.72 Å². The fraction of sp³-hybridized carbons (Fsp3) is 0.750. The van der Waals surface area contributed by atoms with Crippen LogP contribution in [0.3, 0.4) is 0 Å². The smallest absolute Gasteiger partial charge is 0.223 e. The van der Waals surface area contributed by atoms with E-state index >= 15 is 0 Å². The van der Waals surface area contributed by atoms with E-state index in [1.807, 2.05) is 0 Å². The summed E-state index contributed by atoms with van der Waals surface area (Å²) in [5.74, 6) is -0.145. The number of likely N-dealkylation sites (tertiary alicyclic amines) is 1. The second-order valence-corrected chi connectivity index (χ2v) is 8.82. The van der Waals surface area contributed by atoms with E-state index in [0.717, 1.165) is 37.6 Å². The van der Waals surface area contributed by atoms with E-state index in [9.17, 15) is 17.6 Å². The van der Waals surface area contributed by atoms with Gasteiger partial charge < -0.3 is 4.90 Å². The first-order valence-electron chi connectivity index (χ1n) is 8.76. The van der Waals surface area contributed by atoms with E-state index in [2.05, 4.69) is 14.9 Å². The van der Waals surface area contributed by atoms with Gasteiger partial charge in [0.15, 0.2) is 0 Å². The predicted octanol–water partition coefficient (Wildman–Crippen LogP) is 0.709. The Hall–Kier alpha value is -1.48. The third-order valence-corrected chi connectivity index (χ3v) is 5.67. The van der Waals surface area contributed by atoms with E-state index in [4.69, 9.17) is 0 Å². The Balaban J connectivity index is 1.58. The maximum Gasteiger partial charge on any atom is 0.223 e. The number of hydrogen-bond acceptors (Lipinski definition) is 4. The van der Waals surface area contributed by atoms with Crippen LogP contribution in [0.4, 0.5) is 4.39 Å². The van der Waals surface area contributed by atoms with Crippen molar-refractivity contribution in [2.45, 2.75) is 57.2 Å². The molecule has 1 aromatic heterocycles. The van der Waals surface area contributed by atoms with Crippen molar-refractivity contribution in [3.05, 3.63) is 17.0 Å². The van der Waals surface area contributed by atoms with E-state index in [1.54, 1.807) is 0 Å². The van der Waals surface area contributed by atoms with E-state index < -0.39 is 22.2 Å². The van der Waals surface area contributed by atoms with Crippen LogP contribution in [-0.4, -0.2) is 61.0 Å². The lowest BCUT2D eigenvalue weighted by atomic mass is 9.94. The van der Waals surface area contributed by atoms with Crippen LogP contribution in [0, 0.1) is 0 Å². The van der Waals surface area contributed by atoms with Crippen molar-refractivity contribution in [3.8, 4) is 0 Å². The molecule has 25 heavy (non-hydrogen) atoms. The van der Waals surface area contributed by atoms with Crippen LogP contribution >= 0.6 is 0 Å². The van der Waals surface area contributed by atoms with Crippen molar-refractivity contribution >= 4 is 15.9 Å². The average Bonchev–Trinajstić information content (AvgIpc) is 3.13. The quantitative estimate of drug-likeness (QED) is 0.769. The largest absolute Gasteiger partial charge is 0.335 e. The number of H-pyrrole nitrogens is 1. The number of aromatic amines is 1. The summed E-state index contributed by atoms with van der Waals surface area (Å²) in [6.45, 7) is 0.0937. The third kappa shape index (κ3) is 4.58. The number of nitrogens with one attached hydrogen (secondary N) is 2. The number of rotatable bonds is 6. The molecule has 0 radical (unpaired) electrons. The van der Waals surface area contributed by atoms with E-state index in [-0.39, 0.29) is 31.8 Å². The topological polar surface area (TPSA) is 95.2 Å². The second kappa shape index (κ2) is 7.41. The second-order valence-electron chi connectivity index (χ2n) is 6.99. The van der Waals surface area contributed by atoms with E-state index in [1.165, 1.54) is 16.2 Å². The molecule has 9 heteroatoms. The highest BCUT2D eigenvalue weighted by atomic mass is 32.2. The normalized spacial score (nSPS) is 23.7. The molecule has 0 saturated carbocycles. The lowest BCUT2D eigenvalue weighted by Gasteiger charge is -2.24. The SMILES string of the molecule is CS(=O)(=O)NC[C@@H]1C[C@H](F)CN1C(=O)CCc1n[nH]c2c1CCCC2. The molecule has 2 heterocycles. The zero-order valence-electron chi connectivity index (χ0n) is 14.4. The number of carbonyl (C=O) groups is 1. The molecule has 0 unspecified atom stereocenters. The number of hydrogen-bond donors (Lipinski definition) is 2. The first-order valence-corrected chi connectivity index (χ1v) is 10.7. The summed E-state index contributed by atoms with van der Waals surface area (Å²) < 4.78 is 38.6. The number of amides is 1. The van der Waals surface area contributed by atoms with Crippen LogP contribution in [0.2, 0.25) is 0 Å². The van der Waals surface area contributed by atoms with Gasteiger partial charge in [0.2, 0.25) is 15.9 Å². The van der Waals surface area contributed by atoms with Crippen LogP contribution in [0.5, 0.6) is 0 Å². The summed E-state index contributed by atoms with van der Waals surface area (Å²) >= 11 is 0. The monoisotopic (exact) mass is 372 g/mol. The molecule has 1 saturated heterocycles. The average molecular weight is 372 g/mol. The van der Waals surface area contributed by atoms with E-state index in [0.29, 0.717) is 6.42 Å². The van der Waals surface area contributed by atoms with Gasteiger partial charge in [0.25, 0.3) is 0 Å². The molecule has 1 aliphatic heterocycles. The lowest BCUT2D eigenvalue weighted by Crippen LogP contribution is -2.43. The van der Waals surface area contributed by atoms with Gasteiger partial charge in [-0.1, -0.05) is 0 Å². The van der Waals surface area contributed by atoms with Gasteiger partial charge in [-0.05, 0) is 31.2 Å². The van der Waals surface area contributed by atoms with Gasteiger partial charge in [-0.25, -0.2) is 17.5 Å². The van der Waals surface area contributed by atoms with Crippen molar-refractivity contribution in [1.82, 2.24) is 19.8 Å². The molecule has 2 atom stereocenters. The molecule has 1 amide bonds. The number of carbonyl (C=O) groups excluding carboxylic acids is 1. The number of fused-ring (bicyclic) bond motifs is 1. The van der Waals surface area contributed by atoms with Crippen molar-refractivity contribution < 1.29 is 17.6 Å². The Morgan fingerprint density at radius 2 is 2.16 bits per heavy atom. The molecular weight excluding hydrogens is 347 g/mol. The molecule has 3 rings (SSSR count). The fourth-order valence-corrected chi connectivity index (χ4v) is 4.23. The summed E-state index contributed by atoms with van der Waals surface area (Å²) in [7, 11) is -3.36. The zero-order chi connectivity index (χ0) is 18.0. The van der Waals surface area contributed by atoms with Gasteiger partial charge in [0.05, 0.1) is 18.5 Å². The summed E-state index contributed by atoms with van der Waals surface area (Å²) in [5, 5.41) is 7.40. The number of aryl methyl sites for hydroxylation is 2. The molecule has 0 bridgehead atoms. The molecule has 1 aromatic rings. The minimum Gasteiger partial charge on any atom is -0.335 e. The Bertz CT molecular complexity index is 734. The first-order chi connectivity index (χ1) is 11.8. The maximum absolute atomic E-state index is 13.8. The Morgan fingerprint density at radius 3 is 2.92 bits per heavy atom. The zero-order valence-corrected chi connectivity index (χ0v) is 15.2. The third-order valence-electron chi connectivity index (χ3n) is 4.98. The van der Waals surface area contributed by atoms with Crippen LogP contribution in [0.1, 0.15) is 42.6 Å². The standard InChI is InChI=1S/C16H25FN4O3S/c1-25(23,24)18-9-12-8-11(17)10-21(12)16(22)7-6-15-13-4-2-3-5-14(13)19-20-15/h11-12,18H,2-10H2,1H3,(H,19,20)/t11-,12-/m0/s1. The highest BCUT2D eigenvalue weighted by molar-refractivity contribution is 7.88.